The van der Waals surface area contributed by atoms with Crippen LogP contribution in [-0.4, -0.2) is 52.8 Å². The first kappa shape index (κ1) is 22.7. The standard InChI is InChI=1S/C24H25N5O3S2/c1-16(2)29(17-7-4-3-5-8-17)19(30)15-28-22-21(20(25-23(28)31)18-9-6-14-33-18)26-24(34-22)27-10-12-32-13-11-27/h3-9,14,16H,10-13,15H2,1-2H3. The lowest BCUT2D eigenvalue weighted by atomic mass is 10.2. The molecule has 0 atom stereocenters. The molecule has 0 bridgehead atoms. The third-order valence-electron chi connectivity index (χ3n) is 5.65. The van der Waals surface area contributed by atoms with Crippen molar-refractivity contribution in [2.45, 2.75) is 26.4 Å². The van der Waals surface area contributed by atoms with Crippen molar-refractivity contribution in [3.8, 4) is 10.6 Å². The fraction of sp³-hybridized carbons (Fsp3) is 0.333. The van der Waals surface area contributed by atoms with E-state index in [2.05, 4.69) is 9.88 Å². The van der Waals surface area contributed by atoms with Gasteiger partial charge in [0.1, 0.15) is 22.6 Å². The zero-order chi connectivity index (χ0) is 23.7. The van der Waals surface area contributed by atoms with E-state index < -0.39 is 5.69 Å². The lowest BCUT2D eigenvalue weighted by Gasteiger charge is -2.27. The number of carbonyl (C=O) groups excluding carboxylic acids is 1. The van der Waals surface area contributed by atoms with Crippen molar-refractivity contribution >= 4 is 49.7 Å². The molecule has 8 nitrogen and oxygen atoms in total. The van der Waals surface area contributed by atoms with Crippen LogP contribution in [0, 0.1) is 0 Å². The molecule has 3 aromatic heterocycles. The maximum absolute atomic E-state index is 13.5. The average Bonchev–Trinajstić information content (AvgIpc) is 3.53. The number of ether oxygens (including phenoxy) is 1. The second kappa shape index (κ2) is 9.65. The number of thiazole rings is 1. The monoisotopic (exact) mass is 495 g/mol. The number of hydrogen-bond acceptors (Lipinski definition) is 8. The van der Waals surface area contributed by atoms with Gasteiger partial charge in [-0.25, -0.2) is 9.78 Å². The highest BCUT2D eigenvalue weighted by Crippen LogP contribution is 2.35. The number of amides is 1. The van der Waals surface area contributed by atoms with Gasteiger partial charge < -0.3 is 14.5 Å². The fourth-order valence-electron chi connectivity index (χ4n) is 4.08. The molecule has 176 valence electrons. The first-order chi connectivity index (χ1) is 16.5. The summed E-state index contributed by atoms with van der Waals surface area (Å²) < 4.78 is 6.95. The van der Waals surface area contributed by atoms with Gasteiger partial charge in [0.05, 0.1) is 18.1 Å². The van der Waals surface area contributed by atoms with Gasteiger partial charge in [-0.15, -0.1) is 11.3 Å². The molecule has 0 aliphatic carbocycles. The largest absolute Gasteiger partial charge is 0.378 e. The fourth-order valence-corrected chi connectivity index (χ4v) is 5.91. The van der Waals surface area contributed by atoms with Gasteiger partial charge in [0, 0.05) is 24.8 Å². The van der Waals surface area contributed by atoms with Crippen molar-refractivity contribution in [3.05, 3.63) is 58.3 Å². The average molecular weight is 496 g/mol. The number of morpholine rings is 1. The quantitative estimate of drug-likeness (QED) is 0.404. The van der Waals surface area contributed by atoms with Crippen LogP contribution in [0.2, 0.25) is 0 Å². The van der Waals surface area contributed by atoms with Crippen LogP contribution in [0.15, 0.2) is 52.6 Å². The van der Waals surface area contributed by atoms with E-state index in [1.807, 2.05) is 61.7 Å². The Balaban J connectivity index is 1.59. The van der Waals surface area contributed by atoms with Crippen molar-refractivity contribution in [2.24, 2.45) is 0 Å². The molecule has 34 heavy (non-hydrogen) atoms. The summed E-state index contributed by atoms with van der Waals surface area (Å²) in [5.74, 6) is -0.170. The predicted molar refractivity (Wildman–Crippen MR) is 137 cm³/mol. The smallest absolute Gasteiger partial charge is 0.349 e. The number of fused-ring (bicyclic) bond motifs is 1. The van der Waals surface area contributed by atoms with Crippen molar-refractivity contribution in [1.29, 1.82) is 0 Å². The van der Waals surface area contributed by atoms with Gasteiger partial charge in [0.15, 0.2) is 5.13 Å². The first-order valence-electron chi connectivity index (χ1n) is 11.2. The number of rotatable bonds is 6. The van der Waals surface area contributed by atoms with Crippen LogP contribution >= 0.6 is 22.7 Å². The van der Waals surface area contributed by atoms with Crippen molar-refractivity contribution < 1.29 is 9.53 Å². The Morgan fingerprint density at radius 1 is 1.12 bits per heavy atom. The summed E-state index contributed by atoms with van der Waals surface area (Å²) in [6, 6.07) is 13.3. The van der Waals surface area contributed by atoms with E-state index in [4.69, 9.17) is 9.72 Å². The van der Waals surface area contributed by atoms with E-state index in [0.29, 0.717) is 29.3 Å². The van der Waals surface area contributed by atoms with Gasteiger partial charge in [-0.2, -0.15) is 4.98 Å². The Labute approximate surface area is 205 Å². The number of benzene rings is 1. The van der Waals surface area contributed by atoms with Crippen LogP contribution in [-0.2, 0) is 16.1 Å². The molecule has 1 amide bonds. The number of thiophene rings is 1. The number of nitrogens with zero attached hydrogens (tertiary/aromatic N) is 5. The Bertz CT molecular complexity index is 1340. The lowest BCUT2D eigenvalue weighted by molar-refractivity contribution is -0.119. The molecule has 10 heteroatoms. The van der Waals surface area contributed by atoms with Crippen LogP contribution in [0.25, 0.3) is 20.9 Å². The molecule has 1 aliphatic heterocycles. The molecule has 1 fully saturated rings. The normalized spacial score (nSPS) is 14.1. The summed E-state index contributed by atoms with van der Waals surface area (Å²) in [4.78, 5) is 41.4. The summed E-state index contributed by atoms with van der Waals surface area (Å²) in [7, 11) is 0. The number of para-hydroxylation sites is 1. The highest BCUT2D eigenvalue weighted by molar-refractivity contribution is 7.22. The summed E-state index contributed by atoms with van der Waals surface area (Å²) >= 11 is 2.95. The van der Waals surface area contributed by atoms with Crippen LogP contribution in [0.3, 0.4) is 0 Å². The van der Waals surface area contributed by atoms with Crippen LogP contribution < -0.4 is 15.5 Å². The minimum absolute atomic E-state index is 0.0650. The maximum Gasteiger partial charge on any atom is 0.349 e. The van der Waals surface area contributed by atoms with Crippen LogP contribution in [0.4, 0.5) is 10.8 Å². The topological polar surface area (TPSA) is 80.6 Å². The Morgan fingerprint density at radius 2 is 1.88 bits per heavy atom. The van der Waals surface area contributed by atoms with E-state index in [1.54, 1.807) is 4.90 Å². The van der Waals surface area contributed by atoms with Gasteiger partial charge in [-0.1, -0.05) is 35.6 Å². The molecule has 4 heterocycles. The van der Waals surface area contributed by atoms with Crippen molar-refractivity contribution in [3.63, 3.8) is 0 Å². The number of anilines is 2. The summed E-state index contributed by atoms with van der Waals surface area (Å²) in [6.45, 7) is 6.56. The second-order valence-electron chi connectivity index (χ2n) is 8.25. The molecular formula is C24H25N5O3S2. The molecule has 0 spiro atoms. The number of carbonyl (C=O) groups is 1. The molecule has 1 aromatic carbocycles. The van der Waals surface area contributed by atoms with Gasteiger partial charge in [0.2, 0.25) is 5.91 Å². The molecule has 0 N–H and O–H groups in total. The second-order valence-corrected chi connectivity index (χ2v) is 10.2. The minimum atomic E-state index is -0.446. The van der Waals surface area contributed by atoms with E-state index in [0.717, 1.165) is 28.8 Å². The van der Waals surface area contributed by atoms with Crippen LogP contribution in [0.1, 0.15) is 13.8 Å². The van der Waals surface area contributed by atoms with Crippen molar-refractivity contribution in [1.82, 2.24) is 14.5 Å². The Morgan fingerprint density at radius 3 is 2.56 bits per heavy atom. The third-order valence-corrected chi connectivity index (χ3v) is 7.67. The molecule has 1 saturated heterocycles. The van der Waals surface area contributed by atoms with E-state index in [1.165, 1.54) is 27.2 Å². The summed E-state index contributed by atoms with van der Waals surface area (Å²) in [5.41, 5.74) is 1.57. The molecule has 5 rings (SSSR count). The zero-order valence-electron chi connectivity index (χ0n) is 19.0. The van der Waals surface area contributed by atoms with Crippen molar-refractivity contribution in [2.75, 3.05) is 36.1 Å². The third kappa shape index (κ3) is 4.36. The Hall–Kier alpha value is -3.08. The molecule has 0 unspecified atom stereocenters. The highest BCUT2D eigenvalue weighted by Gasteiger charge is 2.25. The zero-order valence-corrected chi connectivity index (χ0v) is 20.6. The lowest BCUT2D eigenvalue weighted by Crippen LogP contribution is -2.41. The summed E-state index contributed by atoms with van der Waals surface area (Å²) in [5, 5.41) is 2.77. The van der Waals surface area contributed by atoms with Gasteiger partial charge in [-0.3, -0.25) is 9.36 Å². The van der Waals surface area contributed by atoms with Gasteiger partial charge >= 0.3 is 5.69 Å². The molecule has 4 aromatic rings. The van der Waals surface area contributed by atoms with E-state index >= 15 is 0 Å². The number of hydrogen-bond donors (Lipinski definition) is 0. The van der Waals surface area contributed by atoms with Gasteiger partial charge in [-0.05, 0) is 37.4 Å². The minimum Gasteiger partial charge on any atom is -0.378 e. The molecule has 1 aliphatic rings. The Kier molecular flexibility index (Phi) is 6.44. The summed E-state index contributed by atoms with van der Waals surface area (Å²) in [6.07, 6.45) is 0. The SMILES string of the molecule is CC(C)N(C(=O)Cn1c(=O)nc(-c2cccs2)c2nc(N3CCOCC3)sc21)c1ccccc1. The highest BCUT2D eigenvalue weighted by atomic mass is 32.1. The van der Waals surface area contributed by atoms with Crippen LogP contribution in [0.5, 0.6) is 0 Å². The first-order valence-corrected chi connectivity index (χ1v) is 12.9. The number of aromatic nitrogens is 3. The molecular weight excluding hydrogens is 470 g/mol. The van der Waals surface area contributed by atoms with E-state index in [-0.39, 0.29) is 18.5 Å². The molecule has 0 saturated carbocycles. The maximum atomic E-state index is 13.5. The van der Waals surface area contributed by atoms with E-state index in [9.17, 15) is 9.59 Å². The van der Waals surface area contributed by atoms with Gasteiger partial charge in [0.25, 0.3) is 0 Å². The predicted octanol–water partition coefficient (Wildman–Crippen LogP) is 3.86. The molecule has 0 radical (unpaired) electrons.